The summed E-state index contributed by atoms with van der Waals surface area (Å²) in [6.45, 7) is 2.01. The number of hydrogen-bond donors (Lipinski definition) is 1. The van der Waals surface area contributed by atoms with Gasteiger partial charge in [-0.05, 0) is 30.7 Å². The lowest BCUT2D eigenvalue weighted by Gasteiger charge is -2.03. The fraction of sp³-hybridized carbons (Fsp3) is 0.0833. The zero-order valence-corrected chi connectivity index (χ0v) is 9.14. The van der Waals surface area contributed by atoms with Gasteiger partial charge in [0.2, 0.25) is 0 Å². The first-order chi connectivity index (χ1) is 7.20. The van der Waals surface area contributed by atoms with Crippen molar-refractivity contribution in [2.45, 2.75) is 6.92 Å². The van der Waals surface area contributed by atoms with E-state index in [2.05, 4.69) is 6.07 Å². The summed E-state index contributed by atoms with van der Waals surface area (Å²) in [4.78, 5) is 1.76. The van der Waals surface area contributed by atoms with E-state index in [9.17, 15) is 0 Å². The van der Waals surface area contributed by atoms with Crippen LogP contribution in [0.15, 0.2) is 30.3 Å². The Hall–Kier alpha value is -1.79. The molecule has 15 heavy (non-hydrogen) atoms. The molecule has 2 N–H and O–H groups in total. The topological polar surface area (TPSA) is 49.8 Å². The Kier molecular flexibility index (Phi) is 2.44. The maximum Gasteiger partial charge on any atom is 0.110 e. The molecule has 0 saturated carbocycles. The zero-order valence-electron chi connectivity index (χ0n) is 8.32. The average Bonchev–Trinajstić information content (AvgIpc) is 2.66. The van der Waals surface area contributed by atoms with Crippen molar-refractivity contribution in [3.63, 3.8) is 0 Å². The number of rotatable bonds is 1. The van der Waals surface area contributed by atoms with Crippen LogP contribution in [0.25, 0.3) is 10.4 Å². The van der Waals surface area contributed by atoms with Gasteiger partial charge in [-0.1, -0.05) is 12.1 Å². The van der Waals surface area contributed by atoms with Gasteiger partial charge in [-0.2, -0.15) is 5.26 Å². The highest BCUT2D eigenvalue weighted by Gasteiger charge is 2.05. The van der Waals surface area contributed by atoms with Crippen LogP contribution in [0.3, 0.4) is 0 Å². The van der Waals surface area contributed by atoms with E-state index in [1.54, 1.807) is 0 Å². The van der Waals surface area contributed by atoms with Crippen LogP contribution in [-0.2, 0) is 0 Å². The Morgan fingerprint density at radius 1 is 1.27 bits per heavy atom. The molecule has 1 aromatic heterocycles. The first-order valence-electron chi connectivity index (χ1n) is 4.57. The molecule has 74 valence electrons. The maximum absolute atomic E-state index is 8.74. The summed E-state index contributed by atoms with van der Waals surface area (Å²) in [6, 6.07) is 11.8. The lowest BCUT2D eigenvalue weighted by Crippen LogP contribution is -1.88. The molecule has 0 amide bonds. The lowest BCUT2D eigenvalue weighted by atomic mass is 10.1. The van der Waals surface area contributed by atoms with Crippen LogP contribution >= 0.6 is 11.3 Å². The molecule has 0 spiro atoms. The molecule has 2 nitrogen and oxygen atoms in total. The molecule has 0 aliphatic carbocycles. The van der Waals surface area contributed by atoms with Gasteiger partial charge in [0.25, 0.3) is 0 Å². The van der Waals surface area contributed by atoms with Gasteiger partial charge in [0.05, 0.1) is 0 Å². The molecule has 2 aromatic rings. The van der Waals surface area contributed by atoms with E-state index in [1.165, 1.54) is 11.3 Å². The highest BCUT2D eigenvalue weighted by molar-refractivity contribution is 7.16. The van der Waals surface area contributed by atoms with Crippen molar-refractivity contribution in [1.82, 2.24) is 0 Å². The molecule has 0 bridgehead atoms. The monoisotopic (exact) mass is 214 g/mol. The van der Waals surface area contributed by atoms with Crippen LogP contribution in [-0.4, -0.2) is 0 Å². The molecule has 0 aliphatic rings. The zero-order chi connectivity index (χ0) is 10.8. The summed E-state index contributed by atoms with van der Waals surface area (Å²) < 4.78 is 0. The van der Waals surface area contributed by atoms with Gasteiger partial charge in [0, 0.05) is 16.1 Å². The smallest absolute Gasteiger partial charge is 0.110 e. The Balaban J connectivity index is 2.50. The van der Waals surface area contributed by atoms with Crippen molar-refractivity contribution in [2.75, 3.05) is 5.73 Å². The van der Waals surface area contributed by atoms with E-state index in [0.717, 1.165) is 21.7 Å². The second kappa shape index (κ2) is 3.76. The number of hydrogen-bond acceptors (Lipinski definition) is 3. The van der Waals surface area contributed by atoms with Crippen LogP contribution in [0.5, 0.6) is 0 Å². The van der Waals surface area contributed by atoms with Crippen molar-refractivity contribution >= 4 is 17.0 Å². The summed E-state index contributed by atoms with van der Waals surface area (Å²) in [7, 11) is 0. The molecule has 3 heteroatoms. The molecular weight excluding hydrogens is 204 g/mol. The quantitative estimate of drug-likeness (QED) is 0.741. The molecule has 0 aliphatic heterocycles. The number of benzene rings is 1. The number of thiophene rings is 1. The molecule has 0 saturated heterocycles. The number of nitrogens with zero attached hydrogens (tertiary/aromatic N) is 1. The Morgan fingerprint density at radius 2 is 2.07 bits per heavy atom. The molecule has 0 unspecified atom stereocenters. The van der Waals surface area contributed by atoms with Gasteiger partial charge in [-0.25, -0.2) is 0 Å². The average molecular weight is 214 g/mol. The minimum atomic E-state index is 0.713. The third kappa shape index (κ3) is 1.85. The fourth-order valence-corrected chi connectivity index (χ4v) is 2.30. The first-order valence-corrected chi connectivity index (χ1v) is 5.39. The third-order valence-electron chi connectivity index (χ3n) is 2.19. The summed E-state index contributed by atoms with van der Waals surface area (Å²) >= 11 is 1.46. The fourth-order valence-electron chi connectivity index (χ4n) is 1.45. The van der Waals surface area contributed by atoms with Crippen molar-refractivity contribution in [1.29, 1.82) is 5.26 Å². The Bertz CT molecular complexity index is 535. The van der Waals surface area contributed by atoms with E-state index in [4.69, 9.17) is 11.0 Å². The number of nitriles is 1. The first kappa shape index (κ1) is 9.75. The summed E-state index contributed by atoms with van der Waals surface area (Å²) in [5.41, 5.74) is 8.85. The van der Waals surface area contributed by atoms with Crippen LogP contribution in [0.4, 0.5) is 5.69 Å². The van der Waals surface area contributed by atoms with Gasteiger partial charge in [-0.3, -0.25) is 0 Å². The highest BCUT2D eigenvalue weighted by Crippen LogP contribution is 2.32. The van der Waals surface area contributed by atoms with E-state index in [1.807, 2.05) is 37.3 Å². The van der Waals surface area contributed by atoms with Gasteiger partial charge in [0.1, 0.15) is 10.9 Å². The Labute approximate surface area is 92.6 Å². The van der Waals surface area contributed by atoms with Crippen molar-refractivity contribution in [3.05, 3.63) is 40.8 Å². The van der Waals surface area contributed by atoms with Crippen LogP contribution in [0, 0.1) is 18.3 Å². The predicted octanol–water partition coefficient (Wildman–Crippen LogP) is 3.18. The van der Waals surface area contributed by atoms with E-state index < -0.39 is 0 Å². The lowest BCUT2D eigenvalue weighted by molar-refractivity contribution is 1.48. The van der Waals surface area contributed by atoms with Crippen molar-refractivity contribution in [3.8, 4) is 16.5 Å². The minimum Gasteiger partial charge on any atom is -0.398 e. The van der Waals surface area contributed by atoms with Gasteiger partial charge in [-0.15, -0.1) is 11.3 Å². The number of nitrogens with two attached hydrogens (primary N) is 1. The summed E-state index contributed by atoms with van der Waals surface area (Å²) in [5, 5.41) is 8.74. The van der Waals surface area contributed by atoms with Crippen molar-refractivity contribution < 1.29 is 0 Å². The number of nitrogen functional groups attached to an aromatic ring is 1. The molecule has 0 radical (unpaired) electrons. The molecule has 1 heterocycles. The highest BCUT2D eigenvalue weighted by atomic mass is 32.1. The third-order valence-corrected chi connectivity index (χ3v) is 3.21. The van der Waals surface area contributed by atoms with E-state index in [-0.39, 0.29) is 0 Å². The number of anilines is 1. The van der Waals surface area contributed by atoms with Gasteiger partial charge < -0.3 is 5.73 Å². The van der Waals surface area contributed by atoms with Crippen molar-refractivity contribution in [2.24, 2.45) is 0 Å². The molecular formula is C12H10N2S. The SMILES string of the molecule is Cc1ccc(-c2ccc(C#N)s2)c(N)c1. The molecule has 0 fully saturated rings. The largest absolute Gasteiger partial charge is 0.398 e. The molecule has 2 rings (SSSR count). The molecule has 0 atom stereocenters. The second-order valence-corrected chi connectivity index (χ2v) is 4.45. The maximum atomic E-state index is 8.74. The number of aryl methyl sites for hydroxylation is 1. The van der Waals surface area contributed by atoms with E-state index >= 15 is 0 Å². The minimum absolute atomic E-state index is 0.713. The van der Waals surface area contributed by atoms with Crippen LogP contribution < -0.4 is 5.73 Å². The van der Waals surface area contributed by atoms with E-state index in [0.29, 0.717) is 4.88 Å². The van der Waals surface area contributed by atoms with Gasteiger partial charge >= 0.3 is 0 Å². The van der Waals surface area contributed by atoms with Gasteiger partial charge in [0.15, 0.2) is 0 Å². The summed E-state index contributed by atoms with van der Waals surface area (Å²) in [6.07, 6.45) is 0. The standard InChI is InChI=1S/C12H10N2S/c1-8-2-4-10(11(14)6-8)12-5-3-9(7-13)15-12/h2-6H,14H2,1H3. The second-order valence-electron chi connectivity index (χ2n) is 3.37. The summed E-state index contributed by atoms with van der Waals surface area (Å²) in [5.74, 6) is 0. The predicted molar refractivity (Wildman–Crippen MR) is 63.6 cm³/mol. The van der Waals surface area contributed by atoms with Crippen LogP contribution in [0.1, 0.15) is 10.4 Å². The normalized spacial score (nSPS) is 9.87. The Morgan fingerprint density at radius 3 is 2.67 bits per heavy atom. The molecule has 1 aromatic carbocycles. The van der Waals surface area contributed by atoms with Crippen LogP contribution in [0.2, 0.25) is 0 Å².